The molecule has 2 rings (SSSR count). The third-order valence-electron chi connectivity index (χ3n) is 3.60. The Morgan fingerprint density at radius 3 is 2.72 bits per heavy atom. The first-order valence-electron chi connectivity index (χ1n) is 6.19. The van der Waals surface area contributed by atoms with Gasteiger partial charge in [0.15, 0.2) is 0 Å². The molecule has 4 N–H and O–H groups in total. The van der Waals surface area contributed by atoms with Crippen LogP contribution >= 0.6 is 0 Å². The predicted molar refractivity (Wildman–Crippen MR) is 68.6 cm³/mol. The molecule has 0 saturated heterocycles. The van der Waals surface area contributed by atoms with E-state index in [2.05, 4.69) is 14.9 Å². The molecule has 1 heterocycles. The molecule has 1 aliphatic rings. The van der Waals surface area contributed by atoms with Gasteiger partial charge in [-0.15, -0.1) is 0 Å². The standard InChI is InChI=1S/C11H20N4O2S/c1-7-11(8(2)14-13-7)18(16,17)15-10-5-3-4-9(10)6-12/h9-10,15H,3-6,12H2,1-2H3,(H,13,14)/t9-,10-/m0/s1. The van der Waals surface area contributed by atoms with Gasteiger partial charge in [0.05, 0.1) is 11.4 Å². The second-order valence-corrected chi connectivity index (χ2v) is 6.57. The summed E-state index contributed by atoms with van der Waals surface area (Å²) in [5.74, 6) is 0.243. The van der Waals surface area contributed by atoms with Crippen LogP contribution in [-0.4, -0.2) is 31.2 Å². The zero-order valence-corrected chi connectivity index (χ0v) is 11.5. The number of aryl methyl sites for hydroxylation is 2. The maximum atomic E-state index is 12.3. The van der Waals surface area contributed by atoms with E-state index in [1.807, 2.05) is 0 Å². The number of nitrogens with one attached hydrogen (secondary N) is 2. The molecule has 0 aliphatic heterocycles. The third-order valence-corrected chi connectivity index (χ3v) is 5.35. The van der Waals surface area contributed by atoms with Crippen molar-refractivity contribution < 1.29 is 8.42 Å². The van der Waals surface area contributed by atoms with E-state index in [0.29, 0.717) is 17.9 Å². The van der Waals surface area contributed by atoms with Crippen LogP contribution in [0.25, 0.3) is 0 Å². The van der Waals surface area contributed by atoms with Gasteiger partial charge in [-0.25, -0.2) is 13.1 Å². The quantitative estimate of drug-likeness (QED) is 0.740. The van der Waals surface area contributed by atoms with Crippen LogP contribution in [0.5, 0.6) is 0 Å². The van der Waals surface area contributed by atoms with Crippen molar-refractivity contribution in [3.63, 3.8) is 0 Å². The molecule has 1 aromatic rings. The normalized spacial score (nSPS) is 24.6. The Balaban J connectivity index is 2.23. The number of aromatic nitrogens is 2. The van der Waals surface area contributed by atoms with Crippen molar-refractivity contribution in [1.29, 1.82) is 0 Å². The largest absolute Gasteiger partial charge is 0.330 e. The van der Waals surface area contributed by atoms with E-state index < -0.39 is 10.0 Å². The van der Waals surface area contributed by atoms with Crippen molar-refractivity contribution in [2.45, 2.75) is 44.0 Å². The number of sulfonamides is 1. The summed E-state index contributed by atoms with van der Waals surface area (Å²) in [5.41, 5.74) is 6.74. The average Bonchev–Trinajstić information content (AvgIpc) is 2.85. The Morgan fingerprint density at radius 2 is 2.17 bits per heavy atom. The van der Waals surface area contributed by atoms with Crippen molar-refractivity contribution in [3.05, 3.63) is 11.4 Å². The number of nitrogens with zero attached hydrogens (tertiary/aromatic N) is 1. The van der Waals surface area contributed by atoms with Crippen molar-refractivity contribution in [1.82, 2.24) is 14.9 Å². The van der Waals surface area contributed by atoms with Crippen LogP contribution in [0.3, 0.4) is 0 Å². The van der Waals surface area contributed by atoms with Crippen LogP contribution in [0.2, 0.25) is 0 Å². The molecule has 1 aromatic heterocycles. The van der Waals surface area contributed by atoms with Crippen LogP contribution in [0, 0.1) is 19.8 Å². The van der Waals surface area contributed by atoms with Gasteiger partial charge in [0.1, 0.15) is 4.90 Å². The lowest BCUT2D eigenvalue weighted by atomic mass is 10.1. The molecule has 0 aromatic carbocycles. The molecule has 6 nitrogen and oxygen atoms in total. The Morgan fingerprint density at radius 1 is 1.44 bits per heavy atom. The summed E-state index contributed by atoms with van der Waals surface area (Å²) in [6.45, 7) is 3.92. The van der Waals surface area contributed by atoms with Crippen LogP contribution < -0.4 is 10.5 Å². The zero-order chi connectivity index (χ0) is 13.3. The average molecular weight is 272 g/mol. The van der Waals surface area contributed by atoms with Crippen molar-refractivity contribution in [2.75, 3.05) is 6.54 Å². The summed E-state index contributed by atoms with van der Waals surface area (Å²) in [5, 5.41) is 6.63. The first-order chi connectivity index (χ1) is 8.45. The second kappa shape index (κ2) is 4.99. The van der Waals surface area contributed by atoms with E-state index in [1.165, 1.54) is 0 Å². The van der Waals surface area contributed by atoms with E-state index >= 15 is 0 Å². The molecule has 0 amide bonds. The van der Waals surface area contributed by atoms with Crippen LogP contribution in [0.15, 0.2) is 4.90 Å². The molecule has 1 saturated carbocycles. The van der Waals surface area contributed by atoms with Crippen molar-refractivity contribution in [2.24, 2.45) is 11.7 Å². The summed E-state index contributed by atoms with van der Waals surface area (Å²) in [6, 6.07) is -0.0475. The molecule has 1 fully saturated rings. The molecular formula is C11H20N4O2S. The van der Waals surface area contributed by atoms with Gasteiger partial charge in [-0.3, -0.25) is 5.10 Å². The molecule has 7 heteroatoms. The number of nitrogens with two attached hydrogens (primary N) is 1. The number of hydrogen-bond acceptors (Lipinski definition) is 4. The van der Waals surface area contributed by atoms with Gasteiger partial charge in [0, 0.05) is 6.04 Å². The predicted octanol–water partition coefficient (Wildman–Crippen LogP) is 0.432. The van der Waals surface area contributed by atoms with Crippen molar-refractivity contribution in [3.8, 4) is 0 Å². The lowest BCUT2D eigenvalue weighted by molar-refractivity contribution is 0.452. The van der Waals surface area contributed by atoms with Crippen LogP contribution in [0.1, 0.15) is 30.7 Å². The topological polar surface area (TPSA) is 101 Å². The summed E-state index contributed by atoms with van der Waals surface area (Å²) in [7, 11) is -3.50. The minimum Gasteiger partial charge on any atom is -0.330 e. The highest BCUT2D eigenvalue weighted by molar-refractivity contribution is 7.89. The molecule has 0 radical (unpaired) electrons. The first kappa shape index (κ1) is 13.5. The van der Waals surface area contributed by atoms with Gasteiger partial charge >= 0.3 is 0 Å². The number of H-pyrrole nitrogens is 1. The van der Waals surface area contributed by atoms with E-state index in [4.69, 9.17) is 5.73 Å². The SMILES string of the molecule is Cc1n[nH]c(C)c1S(=O)(=O)N[C@H]1CCC[C@H]1CN. The maximum Gasteiger partial charge on any atom is 0.244 e. The Bertz CT molecular complexity index is 504. The fourth-order valence-electron chi connectivity index (χ4n) is 2.67. The van der Waals surface area contributed by atoms with Crippen LogP contribution in [0.4, 0.5) is 0 Å². The number of rotatable bonds is 4. The number of hydrogen-bond donors (Lipinski definition) is 3. The maximum absolute atomic E-state index is 12.3. The minimum absolute atomic E-state index is 0.0475. The second-order valence-electron chi connectivity index (χ2n) is 4.92. The highest BCUT2D eigenvalue weighted by Gasteiger charge is 2.32. The molecular weight excluding hydrogens is 252 g/mol. The fraction of sp³-hybridized carbons (Fsp3) is 0.727. The Hall–Kier alpha value is -0.920. The Labute approximate surface area is 107 Å². The minimum atomic E-state index is -3.50. The van der Waals surface area contributed by atoms with Gasteiger partial charge in [-0.05, 0) is 39.2 Å². The highest BCUT2D eigenvalue weighted by Crippen LogP contribution is 2.27. The van der Waals surface area contributed by atoms with E-state index in [-0.39, 0.29) is 16.9 Å². The van der Waals surface area contributed by atoms with Crippen molar-refractivity contribution >= 4 is 10.0 Å². The van der Waals surface area contributed by atoms with Crippen LogP contribution in [-0.2, 0) is 10.0 Å². The molecule has 0 bridgehead atoms. The highest BCUT2D eigenvalue weighted by atomic mass is 32.2. The van der Waals surface area contributed by atoms with Gasteiger partial charge in [0.25, 0.3) is 0 Å². The van der Waals surface area contributed by atoms with E-state index in [9.17, 15) is 8.42 Å². The molecule has 2 atom stereocenters. The molecule has 0 spiro atoms. The van der Waals surface area contributed by atoms with Gasteiger partial charge in [-0.1, -0.05) is 6.42 Å². The molecule has 102 valence electrons. The Kier molecular flexibility index (Phi) is 3.74. The molecule has 1 aliphatic carbocycles. The van der Waals surface area contributed by atoms with Gasteiger partial charge < -0.3 is 5.73 Å². The summed E-state index contributed by atoms with van der Waals surface area (Å²) in [6.07, 6.45) is 2.88. The zero-order valence-electron chi connectivity index (χ0n) is 10.7. The summed E-state index contributed by atoms with van der Waals surface area (Å²) < 4.78 is 27.5. The molecule has 0 unspecified atom stereocenters. The van der Waals surface area contributed by atoms with E-state index in [1.54, 1.807) is 13.8 Å². The lowest BCUT2D eigenvalue weighted by Gasteiger charge is -2.19. The summed E-state index contributed by atoms with van der Waals surface area (Å²) in [4.78, 5) is 0.269. The van der Waals surface area contributed by atoms with E-state index in [0.717, 1.165) is 19.3 Å². The first-order valence-corrected chi connectivity index (χ1v) is 7.68. The molecule has 18 heavy (non-hydrogen) atoms. The fourth-order valence-corrected chi connectivity index (χ4v) is 4.38. The van der Waals surface area contributed by atoms with Gasteiger partial charge in [0.2, 0.25) is 10.0 Å². The monoisotopic (exact) mass is 272 g/mol. The third kappa shape index (κ3) is 2.43. The smallest absolute Gasteiger partial charge is 0.244 e. The summed E-state index contributed by atoms with van der Waals surface area (Å²) >= 11 is 0. The number of aromatic amines is 1. The lowest BCUT2D eigenvalue weighted by Crippen LogP contribution is -2.40. The van der Waals surface area contributed by atoms with Gasteiger partial charge in [-0.2, -0.15) is 5.10 Å².